The summed E-state index contributed by atoms with van der Waals surface area (Å²) in [5.74, 6) is -0.425. The number of aromatic nitrogens is 5. The zero-order chi connectivity index (χ0) is 22.9. The summed E-state index contributed by atoms with van der Waals surface area (Å²) in [5, 5.41) is 0. The Bertz CT molecular complexity index is 1290. The minimum Gasteiger partial charge on any atom is -0.368 e. The second-order valence-electron chi connectivity index (χ2n) is 8.27. The summed E-state index contributed by atoms with van der Waals surface area (Å²) < 4.78 is 29.9. The van der Waals surface area contributed by atoms with E-state index in [1.807, 2.05) is 6.92 Å². The zero-order valence-corrected chi connectivity index (χ0v) is 18.1. The molecule has 0 saturated carbocycles. The highest BCUT2D eigenvalue weighted by Gasteiger charge is 2.29. The molecule has 0 radical (unpaired) electrons. The minimum atomic E-state index is -0.311. The second-order valence-corrected chi connectivity index (χ2v) is 8.27. The van der Waals surface area contributed by atoms with E-state index in [-0.39, 0.29) is 23.6 Å². The van der Waals surface area contributed by atoms with E-state index in [0.717, 1.165) is 29.8 Å². The summed E-state index contributed by atoms with van der Waals surface area (Å²) in [4.78, 5) is 19.5. The van der Waals surface area contributed by atoms with E-state index < -0.39 is 0 Å². The second kappa shape index (κ2) is 8.67. The van der Waals surface area contributed by atoms with Gasteiger partial charge in [-0.05, 0) is 55.3 Å². The molecule has 0 bridgehead atoms. The molecule has 4 aromatic rings. The number of hydrogen-bond donors (Lipinski definition) is 1. The van der Waals surface area contributed by atoms with E-state index in [2.05, 4.69) is 29.4 Å². The topological polar surface area (TPSA) is 85.8 Å². The van der Waals surface area contributed by atoms with Crippen molar-refractivity contribution in [1.29, 1.82) is 0 Å². The van der Waals surface area contributed by atoms with Crippen LogP contribution in [0.3, 0.4) is 0 Å². The van der Waals surface area contributed by atoms with Crippen LogP contribution in [-0.4, -0.2) is 42.5 Å². The number of nitrogens with two attached hydrogens (primary N) is 1. The highest BCUT2D eigenvalue weighted by Crippen LogP contribution is 2.35. The first-order valence-electron chi connectivity index (χ1n) is 10.7. The van der Waals surface area contributed by atoms with Crippen LogP contribution < -0.4 is 5.73 Å². The van der Waals surface area contributed by atoms with E-state index in [0.29, 0.717) is 30.2 Å². The Hall–Kier alpha value is -3.72. The number of anilines is 1. The molecule has 9 heteroatoms. The first kappa shape index (κ1) is 21.1. The molecule has 168 valence electrons. The van der Waals surface area contributed by atoms with Crippen molar-refractivity contribution in [2.75, 3.05) is 18.8 Å². The van der Waals surface area contributed by atoms with Crippen molar-refractivity contribution < 1.29 is 8.78 Å². The Kier molecular flexibility index (Phi) is 5.55. The number of nitrogens with zero attached hydrogens (tertiary/aromatic N) is 6. The van der Waals surface area contributed by atoms with Crippen LogP contribution in [0.4, 0.5) is 14.7 Å². The van der Waals surface area contributed by atoms with Gasteiger partial charge in [0.05, 0.1) is 29.1 Å². The number of nitrogen functional groups attached to an aromatic ring is 1. The van der Waals surface area contributed by atoms with Crippen LogP contribution in [0.5, 0.6) is 0 Å². The molecule has 1 atom stereocenters. The van der Waals surface area contributed by atoms with Crippen molar-refractivity contribution in [2.45, 2.75) is 25.9 Å². The smallest absolute Gasteiger partial charge is 0.220 e. The average molecular weight is 447 g/mol. The molecule has 1 fully saturated rings. The van der Waals surface area contributed by atoms with Gasteiger partial charge in [-0.3, -0.25) is 9.88 Å². The van der Waals surface area contributed by atoms with Gasteiger partial charge < -0.3 is 10.3 Å². The Balaban J connectivity index is 1.47. The van der Waals surface area contributed by atoms with Gasteiger partial charge in [-0.25, -0.2) is 23.7 Å². The predicted molar refractivity (Wildman–Crippen MR) is 121 cm³/mol. The van der Waals surface area contributed by atoms with E-state index in [4.69, 9.17) is 5.73 Å². The summed E-state index contributed by atoms with van der Waals surface area (Å²) in [5.41, 5.74) is 10.0. The van der Waals surface area contributed by atoms with Gasteiger partial charge in [0.2, 0.25) is 5.95 Å². The summed E-state index contributed by atoms with van der Waals surface area (Å²) in [6.45, 7) is 3.78. The summed E-state index contributed by atoms with van der Waals surface area (Å²) in [7, 11) is 0. The first-order valence-corrected chi connectivity index (χ1v) is 10.7. The SMILES string of the molecule is Cc1cnc(CN2CCC(n3cnc(-c4ccc(F)cc4)c3-c3ccnc(N)n3)C2)c(F)c1. The Labute approximate surface area is 190 Å². The molecule has 0 amide bonds. The van der Waals surface area contributed by atoms with Crippen LogP contribution in [0, 0.1) is 18.6 Å². The molecule has 1 saturated heterocycles. The summed E-state index contributed by atoms with van der Waals surface area (Å²) in [6, 6.07) is 9.62. The number of aryl methyl sites for hydroxylation is 1. The van der Waals surface area contributed by atoms with Crippen LogP contribution in [0.2, 0.25) is 0 Å². The number of pyridine rings is 1. The molecule has 1 aromatic carbocycles. The Morgan fingerprint density at radius 2 is 1.91 bits per heavy atom. The molecule has 1 aliphatic rings. The van der Waals surface area contributed by atoms with Crippen LogP contribution in [0.15, 0.2) is 55.1 Å². The molecule has 0 aliphatic carbocycles. The number of rotatable bonds is 5. The summed E-state index contributed by atoms with van der Waals surface area (Å²) >= 11 is 0. The highest BCUT2D eigenvalue weighted by atomic mass is 19.1. The molecule has 33 heavy (non-hydrogen) atoms. The molecule has 2 N–H and O–H groups in total. The Morgan fingerprint density at radius 3 is 2.67 bits per heavy atom. The highest BCUT2D eigenvalue weighted by molar-refractivity contribution is 5.77. The molecule has 1 aliphatic heterocycles. The lowest BCUT2D eigenvalue weighted by atomic mass is 10.1. The quantitative estimate of drug-likeness (QED) is 0.497. The van der Waals surface area contributed by atoms with Crippen molar-refractivity contribution in [3.63, 3.8) is 0 Å². The lowest BCUT2D eigenvalue weighted by molar-refractivity contribution is 0.307. The maximum Gasteiger partial charge on any atom is 0.220 e. The van der Waals surface area contributed by atoms with Gasteiger partial charge in [0, 0.05) is 43.6 Å². The summed E-state index contributed by atoms with van der Waals surface area (Å²) in [6.07, 6.45) is 5.94. The normalized spacial score (nSPS) is 16.4. The van der Waals surface area contributed by atoms with E-state index >= 15 is 0 Å². The van der Waals surface area contributed by atoms with Crippen molar-refractivity contribution in [3.05, 3.63) is 78.0 Å². The monoisotopic (exact) mass is 447 g/mol. The number of likely N-dealkylation sites (tertiary alicyclic amines) is 1. The van der Waals surface area contributed by atoms with Gasteiger partial charge in [-0.1, -0.05) is 0 Å². The van der Waals surface area contributed by atoms with Crippen LogP contribution >= 0.6 is 0 Å². The number of hydrogen-bond acceptors (Lipinski definition) is 6. The van der Waals surface area contributed by atoms with E-state index in [9.17, 15) is 8.78 Å². The number of benzene rings is 1. The van der Waals surface area contributed by atoms with Crippen molar-refractivity contribution >= 4 is 5.95 Å². The molecular weight excluding hydrogens is 424 g/mol. The molecular formula is C24H23F2N7. The van der Waals surface area contributed by atoms with Crippen LogP contribution in [0.1, 0.15) is 23.7 Å². The average Bonchev–Trinajstić information content (AvgIpc) is 3.43. The van der Waals surface area contributed by atoms with Gasteiger partial charge in [0.15, 0.2) is 0 Å². The molecule has 3 aromatic heterocycles. The third-order valence-corrected chi connectivity index (χ3v) is 5.90. The van der Waals surface area contributed by atoms with Crippen molar-refractivity contribution in [1.82, 2.24) is 29.4 Å². The molecule has 4 heterocycles. The molecule has 7 nitrogen and oxygen atoms in total. The lowest BCUT2D eigenvalue weighted by Crippen LogP contribution is -2.22. The Morgan fingerprint density at radius 1 is 1.09 bits per heavy atom. The third-order valence-electron chi connectivity index (χ3n) is 5.90. The predicted octanol–water partition coefficient (Wildman–Crippen LogP) is 4.02. The first-order chi connectivity index (χ1) is 16.0. The van der Waals surface area contributed by atoms with Gasteiger partial charge in [-0.15, -0.1) is 0 Å². The van der Waals surface area contributed by atoms with E-state index in [1.54, 1.807) is 36.9 Å². The maximum atomic E-state index is 14.3. The fourth-order valence-electron chi connectivity index (χ4n) is 4.29. The van der Waals surface area contributed by atoms with Gasteiger partial charge in [0.25, 0.3) is 0 Å². The maximum absolute atomic E-state index is 14.3. The third kappa shape index (κ3) is 4.31. The fourth-order valence-corrected chi connectivity index (χ4v) is 4.29. The molecule has 1 unspecified atom stereocenters. The van der Waals surface area contributed by atoms with Gasteiger partial charge in [0.1, 0.15) is 11.6 Å². The van der Waals surface area contributed by atoms with Gasteiger partial charge in [-0.2, -0.15) is 0 Å². The van der Waals surface area contributed by atoms with Crippen LogP contribution in [-0.2, 0) is 6.54 Å². The zero-order valence-electron chi connectivity index (χ0n) is 18.1. The van der Waals surface area contributed by atoms with Crippen molar-refractivity contribution in [3.8, 4) is 22.6 Å². The standard InChI is InChI=1S/C24H23F2N7/c1-15-10-19(26)21(29-11-15)13-32-9-7-18(12-32)33-14-30-22(16-2-4-17(25)5-3-16)23(33)20-6-8-28-24(27)31-20/h2-6,8,10-11,14,18H,7,9,12-13H2,1H3,(H2,27,28,31). The lowest BCUT2D eigenvalue weighted by Gasteiger charge is -2.19. The van der Waals surface area contributed by atoms with Crippen LogP contribution in [0.25, 0.3) is 22.6 Å². The fraction of sp³-hybridized carbons (Fsp3) is 0.250. The number of imidazole rings is 1. The number of halogens is 2. The van der Waals surface area contributed by atoms with Crippen molar-refractivity contribution in [2.24, 2.45) is 0 Å². The van der Waals surface area contributed by atoms with E-state index in [1.165, 1.54) is 18.2 Å². The molecule has 5 rings (SSSR count). The molecule has 0 spiro atoms. The largest absolute Gasteiger partial charge is 0.368 e. The minimum absolute atomic E-state index is 0.103. The van der Waals surface area contributed by atoms with Gasteiger partial charge >= 0.3 is 0 Å².